The molecule has 2 aromatic rings. The number of benzene rings is 2. The van der Waals surface area contributed by atoms with Crippen molar-refractivity contribution in [2.24, 2.45) is 0 Å². The zero-order valence-electron chi connectivity index (χ0n) is 16.8. The maximum atomic E-state index is 12.9. The fourth-order valence-electron chi connectivity index (χ4n) is 3.00. The van der Waals surface area contributed by atoms with E-state index in [2.05, 4.69) is 25.1 Å². The van der Waals surface area contributed by atoms with Crippen LogP contribution in [0.1, 0.15) is 54.9 Å². The van der Waals surface area contributed by atoms with Crippen LogP contribution in [0.25, 0.3) is 0 Å². The van der Waals surface area contributed by atoms with Crippen molar-refractivity contribution >= 4 is 5.91 Å². The molecule has 0 unspecified atom stereocenters. The van der Waals surface area contributed by atoms with Gasteiger partial charge in [-0.15, -0.1) is 0 Å². The van der Waals surface area contributed by atoms with Crippen molar-refractivity contribution in [3.63, 3.8) is 0 Å². The van der Waals surface area contributed by atoms with Gasteiger partial charge in [0, 0.05) is 18.7 Å². The molecule has 0 N–H and O–H groups in total. The normalized spacial score (nSPS) is 10.3. The molecular weight excluding hydrogens is 348 g/mol. The first-order chi connectivity index (χ1) is 13.7. The number of carbonyl (C=O) groups is 1. The number of rotatable bonds is 12. The van der Waals surface area contributed by atoms with Crippen LogP contribution in [0, 0.1) is 11.3 Å². The lowest BCUT2D eigenvalue weighted by Crippen LogP contribution is -2.33. The van der Waals surface area contributed by atoms with Crippen molar-refractivity contribution in [3.05, 3.63) is 65.7 Å². The minimum atomic E-state index is -0.0410. The summed E-state index contributed by atoms with van der Waals surface area (Å²) in [5.74, 6) is 0.751. The van der Waals surface area contributed by atoms with Gasteiger partial charge < -0.3 is 9.64 Å². The maximum absolute atomic E-state index is 12.9. The molecular formula is C24H30N2O2. The second-order valence-corrected chi connectivity index (χ2v) is 6.87. The summed E-state index contributed by atoms with van der Waals surface area (Å²) in [6.45, 7) is 3.94. The van der Waals surface area contributed by atoms with Gasteiger partial charge in [-0.2, -0.15) is 5.26 Å². The lowest BCUT2D eigenvalue weighted by molar-refractivity contribution is 0.0761. The largest absolute Gasteiger partial charge is 0.494 e. The molecule has 0 bridgehead atoms. The van der Waals surface area contributed by atoms with Gasteiger partial charge in [-0.3, -0.25) is 4.79 Å². The molecule has 0 aliphatic carbocycles. The van der Waals surface area contributed by atoms with Crippen LogP contribution in [0.15, 0.2) is 54.6 Å². The maximum Gasteiger partial charge on any atom is 0.253 e. The van der Waals surface area contributed by atoms with Crippen molar-refractivity contribution in [2.75, 3.05) is 19.7 Å². The highest BCUT2D eigenvalue weighted by atomic mass is 16.5. The quantitative estimate of drug-likeness (QED) is 0.474. The topological polar surface area (TPSA) is 53.3 Å². The number of carbonyl (C=O) groups excluding carboxylic acids is 1. The first kappa shape index (κ1) is 21.5. The predicted molar refractivity (Wildman–Crippen MR) is 112 cm³/mol. The Morgan fingerprint density at radius 2 is 1.75 bits per heavy atom. The Hall–Kier alpha value is -2.80. The summed E-state index contributed by atoms with van der Waals surface area (Å²) in [7, 11) is 0. The van der Waals surface area contributed by atoms with E-state index < -0.39 is 0 Å². The number of nitriles is 1. The van der Waals surface area contributed by atoms with E-state index in [1.54, 1.807) is 4.90 Å². The van der Waals surface area contributed by atoms with E-state index in [1.165, 1.54) is 24.8 Å². The van der Waals surface area contributed by atoms with Crippen LogP contribution >= 0.6 is 0 Å². The smallest absolute Gasteiger partial charge is 0.253 e. The molecule has 0 spiro atoms. The van der Waals surface area contributed by atoms with Crippen molar-refractivity contribution in [1.29, 1.82) is 5.26 Å². The van der Waals surface area contributed by atoms with Crippen LogP contribution in [0.5, 0.6) is 5.75 Å². The summed E-state index contributed by atoms with van der Waals surface area (Å²) < 4.78 is 5.75. The number of nitrogens with zero attached hydrogens (tertiary/aromatic N) is 2. The fourth-order valence-corrected chi connectivity index (χ4v) is 3.00. The van der Waals surface area contributed by atoms with Crippen LogP contribution in [-0.4, -0.2) is 30.5 Å². The predicted octanol–water partition coefficient (Wildman–Crippen LogP) is 5.24. The van der Waals surface area contributed by atoms with Gasteiger partial charge >= 0.3 is 0 Å². The number of ether oxygens (including phenoxy) is 1. The van der Waals surface area contributed by atoms with Crippen LogP contribution in [-0.2, 0) is 6.42 Å². The highest BCUT2D eigenvalue weighted by Crippen LogP contribution is 2.15. The molecule has 148 valence electrons. The highest BCUT2D eigenvalue weighted by Gasteiger charge is 2.15. The van der Waals surface area contributed by atoms with Crippen molar-refractivity contribution < 1.29 is 9.53 Å². The molecule has 1 amide bonds. The summed E-state index contributed by atoms with van der Waals surface area (Å²) in [5.41, 5.74) is 1.81. The minimum Gasteiger partial charge on any atom is -0.494 e. The highest BCUT2D eigenvalue weighted by molar-refractivity contribution is 5.94. The molecule has 28 heavy (non-hydrogen) atoms. The SMILES string of the molecule is CCCCCCOc1ccc(C(=O)N(CCC#N)CCc2ccccc2)cc1. The lowest BCUT2D eigenvalue weighted by atomic mass is 10.1. The van der Waals surface area contributed by atoms with E-state index in [0.29, 0.717) is 31.7 Å². The van der Waals surface area contributed by atoms with Gasteiger partial charge in [0.1, 0.15) is 5.75 Å². The Kier molecular flexibility index (Phi) is 9.65. The van der Waals surface area contributed by atoms with Crippen LogP contribution in [0.3, 0.4) is 0 Å². The number of hydrogen-bond donors (Lipinski definition) is 0. The van der Waals surface area contributed by atoms with E-state index in [-0.39, 0.29) is 5.91 Å². The van der Waals surface area contributed by atoms with Crippen molar-refractivity contribution in [2.45, 2.75) is 45.4 Å². The molecule has 0 aromatic heterocycles. The van der Waals surface area contributed by atoms with Gasteiger partial charge in [-0.05, 0) is 42.7 Å². The van der Waals surface area contributed by atoms with Crippen LogP contribution in [0.2, 0.25) is 0 Å². The number of unbranched alkanes of at least 4 members (excludes halogenated alkanes) is 3. The summed E-state index contributed by atoms with van der Waals surface area (Å²) in [6, 6.07) is 19.6. The third-order valence-corrected chi connectivity index (χ3v) is 4.66. The average molecular weight is 379 g/mol. The Labute approximate surface area is 168 Å². The first-order valence-electron chi connectivity index (χ1n) is 10.2. The van der Waals surface area contributed by atoms with Gasteiger partial charge in [-0.25, -0.2) is 0 Å². The molecule has 0 atom stereocenters. The Bertz CT molecular complexity index is 735. The van der Waals surface area contributed by atoms with Crippen molar-refractivity contribution in [3.8, 4) is 11.8 Å². The van der Waals surface area contributed by atoms with E-state index in [0.717, 1.165) is 18.6 Å². The van der Waals surface area contributed by atoms with Crippen LogP contribution in [0.4, 0.5) is 0 Å². The van der Waals surface area contributed by atoms with E-state index in [9.17, 15) is 4.79 Å². The van der Waals surface area contributed by atoms with Crippen molar-refractivity contribution in [1.82, 2.24) is 4.90 Å². The summed E-state index contributed by atoms with van der Waals surface area (Å²) in [4.78, 5) is 14.7. The Balaban J connectivity index is 1.92. The fraction of sp³-hybridized carbons (Fsp3) is 0.417. The van der Waals surface area contributed by atoms with E-state index >= 15 is 0 Å². The third kappa shape index (κ3) is 7.44. The monoisotopic (exact) mass is 378 g/mol. The minimum absolute atomic E-state index is 0.0410. The molecule has 4 heteroatoms. The molecule has 0 aliphatic rings. The number of hydrogen-bond acceptors (Lipinski definition) is 3. The molecule has 4 nitrogen and oxygen atoms in total. The second kappa shape index (κ2) is 12.6. The molecule has 0 fully saturated rings. The van der Waals surface area contributed by atoms with E-state index in [4.69, 9.17) is 10.00 Å². The summed E-state index contributed by atoms with van der Waals surface area (Å²) in [6.07, 6.45) is 5.79. The first-order valence-corrected chi connectivity index (χ1v) is 10.2. The zero-order chi connectivity index (χ0) is 20.0. The zero-order valence-corrected chi connectivity index (χ0v) is 16.8. The summed E-state index contributed by atoms with van der Waals surface area (Å²) in [5, 5.41) is 8.92. The average Bonchev–Trinajstić information content (AvgIpc) is 2.74. The Morgan fingerprint density at radius 1 is 1.00 bits per heavy atom. The molecule has 2 rings (SSSR count). The standard InChI is InChI=1S/C24H30N2O2/c1-2-3-4-8-20-28-23-14-12-22(13-15-23)24(27)26(18-9-17-25)19-16-21-10-6-5-7-11-21/h5-7,10-15H,2-4,8-9,16,18-20H2,1H3. The van der Waals surface area contributed by atoms with Gasteiger partial charge in [0.25, 0.3) is 5.91 Å². The van der Waals surface area contributed by atoms with Gasteiger partial charge in [-0.1, -0.05) is 56.5 Å². The molecule has 0 saturated heterocycles. The van der Waals surface area contributed by atoms with Gasteiger partial charge in [0.05, 0.1) is 19.1 Å². The van der Waals surface area contributed by atoms with Gasteiger partial charge in [0.2, 0.25) is 0 Å². The number of amides is 1. The molecule has 0 heterocycles. The Morgan fingerprint density at radius 3 is 2.43 bits per heavy atom. The third-order valence-electron chi connectivity index (χ3n) is 4.66. The lowest BCUT2D eigenvalue weighted by Gasteiger charge is -2.22. The molecule has 0 aliphatic heterocycles. The van der Waals surface area contributed by atoms with E-state index in [1.807, 2.05) is 42.5 Å². The molecule has 2 aromatic carbocycles. The molecule has 0 saturated carbocycles. The molecule has 0 radical (unpaired) electrons. The van der Waals surface area contributed by atoms with Gasteiger partial charge in [0.15, 0.2) is 0 Å². The summed E-state index contributed by atoms with van der Waals surface area (Å²) >= 11 is 0. The van der Waals surface area contributed by atoms with Crippen LogP contribution < -0.4 is 4.74 Å². The second-order valence-electron chi connectivity index (χ2n) is 6.87.